The number of aromatic carboxylic acids is 1. The van der Waals surface area contributed by atoms with Crippen LogP contribution in [0.25, 0.3) is 0 Å². The SMILES string of the molecule is CC(C)c1ccc([C@@H]2C[C@H]2C(=O)NCc2nc(C(=O)O)cs2)cc1. The van der Waals surface area contributed by atoms with E-state index in [-0.39, 0.29) is 30.0 Å². The minimum absolute atomic E-state index is 0.00815. The summed E-state index contributed by atoms with van der Waals surface area (Å²) in [6, 6.07) is 8.51. The number of carbonyl (C=O) groups excluding carboxylic acids is 1. The quantitative estimate of drug-likeness (QED) is 0.842. The Balaban J connectivity index is 1.52. The number of carboxylic acid groups (broad SMARTS) is 1. The Morgan fingerprint density at radius 3 is 2.62 bits per heavy atom. The fourth-order valence-corrected chi connectivity index (χ4v) is 3.47. The number of aromatic nitrogens is 1. The lowest BCUT2D eigenvalue weighted by Crippen LogP contribution is -2.24. The molecule has 0 aliphatic heterocycles. The zero-order valence-corrected chi connectivity index (χ0v) is 14.5. The Labute approximate surface area is 144 Å². The molecule has 0 saturated heterocycles. The van der Waals surface area contributed by atoms with Crippen molar-refractivity contribution in [2.45, 2.75) is 38.6 Å². The predicted octanol–water partition coefficient (Wildman–Crippen LogP) is 3.38. The van der Waals surface area contributed by atoms with Gasteiger partial charge in [0.2, 0.25) is 5.91 Å². The summed E-state index contributed by atoms with van der Waals surface area (Å²) < 4.78 is 0. The van der Waals surface area contributed by atoms with Gasteiger partial charge in [0.05, 0.1) is 6.54 Å². The van der Waals surface area contributed by atoms with Crippen molar-refractivity contribution in [1.29, 1.82) is 0 Å². The van der Waals surface area contributed by atoms with E-state index in [1.165, 1.54) is 27.8 Å². The highest BCUT2D eigenvalue weighted by Crippen LogP contribution is 2.47. The molecule has 1 saturated carbocycles. The smallest absolute Gasteiger partial charge is 0.355 e. The van der Waals surface area contributed by atoms with Gasteiger partial charge in [-0.3, -0.25) is 4.79 Å². The Hall–Kier alpha value is -2.21. The van der Waals surface area contributed by atoms with Crippen LogP contribution >= 0.6 is 11.3 Å². The maximum atomic E-state index is 12.2. The average molecular weight is 344 g/mol. The van der Waals surface area contributed by atoms with Crippen molar-refractivity contribution in [3.8, 4) is 0 Å². The molecule has 0 radical (unpaired) electrons. The van der Waals surface area contributed by atoms with Crippen LogP contribution in [0.1, 0.15) is 58.7 Å². The number of hydrogen-bond acceptors (Lipinski definition) is 4. The van der Waals surface area contributed by atoms with E-state index in [1.54, 1.807) is 0 Å². The minimum atomic E-state index is -1.05. The molecule has 6 heteroatoms. The molecule has 126 valence electrons. The van der Waals surface area contributed by atoms with Gasteiger partial charge in [0.15, 0.2) is 5.69 Å². The lowest BCUT2D eigenvalue weighted by molar-refractivity contribution is -0.122. The molecular weight excluding hydrogens is 324 g/mol. The average Bonchev–Trinajstić information content (AvgIpc) is 3.22. The van der Waals surface area contributed by atoms with Crippen LogP contribution in [0.4, 0.5) is 0 Å². The van der Waals surface area contributed by atoms with Crippen LogP contribution in [0.15, 0.2) is 29.6 Å². The normalized spacial score (nSPS) is 19.3. The number of benzene rings is 1. The zero-order valence-electron chi connectivity index (χ0n) is 13.7. The van der Waals surface area contributed by atoms with Gasteiger partial charge < -0.3 is 10.4 Å². The number of amides is 1. The van der Waals surface area contributed by atoms with Crippen molar-refractivity contribution in [3.05, 3.63) is 51.5 Å². The summed E-state index contributed by atoms with van der Waals surface area (Å²) in [5, 5.41) is 13.8. The molecule has 2 N–H and O–H groups in total. The van der Waals surface area contributed by atoms with Crippen LogP contribution in [0.2, 0.25) is 0 Å². The lowest BCUT2D eigenvalue weighted by atomic mass is 10.00. The maximum absolute atomic E-state index is 12.2. The summed E-state index contributed by atoms with van der Waals surface area (Å²) in [7, 11) is 0. The first-order chi connectivity index (χ1) is 11.5. The number of nitrogens with one attached hydrogen (secondary N) is 1. The molecule has 3 rings (SSSR count). The summed E-state index contributed by atoms with van der Waals surface area (Å²) in [4.78, 5) is 27.0. The number of thiazole rings is 1. The molecule has 5 nitrogen and oxygen atoms in total. The fourth-order valence-electron chi connectivity index (χ4n) is 2.77. The first kappa shape index (κ1) is 16.6. The molecule has 0 spiro atoms. The second-order valence-corrected chi connectivity index (χ2v) is 7.36. The predicted molar refractivity (Wildman–Crippen MR) is 92.3 cm³/mol. The van der Waals surface area contributed by atoms with Crippen molar-refractivity contribution >= 4 is 23.2 Å². The molecule has 2 aromatic rings. The number of nitrogens with zero attached hydrogens (tertiary/aromatic N) is 1. The second kappa shape index (κ2) is 6.73. The summed E-state index contributed by atoms with van der Waals surface area (Å²) in [5.74, 6) is -0.229. The summed E-state index contributed by atoms with van der Waals surface area (Å²) >= 11 is 1.25. The number of carboxylic acids is 1. The number of rotatable bonds is 6. The van der Waals surface area contributed by atoms with E-state index in [2.05, 4.69) is 48.4 Å². The topological polar surface area (TPSA) is 79.3 Å². The first-order valence-corrected chi connectivity index (χ1v) is 8.89. The molecule has 0 unspecified atom stereocenters. The summed E-state index contributed by atoms with van der Waals surface area (Å²) in [5.41, 5.74) is 2.54. The largest absolute Gasteiger partial charge is 0.476 e. The van der Waals surface area contributed by atoms with Crippen LogP contribution in [-0.4, -0.2) is 22.0 Å². The van der Waals surface area contributed by atoms with E-state index >= 15 is 0 Å². The lowest BCUT2D eigenvalue weighted by Gasteiger charge is -2.07. The van der Waals surface area contributed by atoms with E-state index in [4.69, 9.17) is 5.11 Å². The molecule has 1 aromatic heterocycles. The van der Waals surface area contributed by atoms with E-state index in [1.807, 2.05) is 0 Å². The van der Waals surface area contributed by atoms with E-state index in [9.17, 15) is 9.59 Å². The molecule has 1 heterocycles. The van der Waals surface area contributed by atoms with E-state index < -0.39 is 5.97 Å². The Bertz CT molecular complexity index is 752. The van der Waals surface area contributed by atoms with Crippen LogP contribution < -0.4 is 5.32 Å². The maximum Gasteiger partial charge on any atom is 0.355 e. The molecule has 1 fully saturated rings. The third-order valence-electron chi connectivity index (χ3n) is 4.34. The van der Waals surface area contributed by atoms with Crippen LogP contribution in [0.5, 0.6) is 0 Å². The zero-order chi connectivity index (χ0) is 17.3. The van der Waals surface area contributed by atoms with Gasteiger partial charge in [-0.2, -0.15) is 0 Å². The van der Waals surface area contributed by atoms with Gasteiger partial charge in [-0.05, 0) is 29.4 Å². The Kier molecular flexibility index (Phi) is 4.66. The molecule has 1 aromatic carbocycles. The van der Waals surface area contributed by atoms with Gasteiger partial charge in [-0.1, -0.05) is 38.1 Å². The monoisotopic (exact) mass is 344 g/mol. The van der Waals surface area contributed by atoms with Gasteiger partial charge in [-0.15, -0.1) is 11.3 Å². The van der Waals surface area contributed by atoms with E-state index in [0.29, 0.717) is 10.9 Å². The van der Waals surface area contributed by atoms with Crippen molar-refractivity contribution in [2.24, 2.45) is 5.92 Å². The van der Waals surface area contributed by atoms with Gasteiger partial charge in [0.1, 0.15) is 5.01 Å². The number of hydrogen-bond donors (Lipinski definition) is 2. The summed E-state index contributed by atoms with van der Waals surface area (Å²) in [6.45, 7) is 4.61. The van der Waals surface area contributed by atoms with Crippen molar-refractivity contribution in [3.63, 3.8) is 0 Å². The third-order valence-corrected chi connectivity index (χ3v) is 5.19. The van der Waals surface area contributed by atoms with Gasteiger partial charge in [0, 0.05) is 11.3 Å². The minimum Gasteiger partial charge on any atom is -0.476 e. The Morgan fingerprint density at radius 2 is 2.04 bits per heavy atom. The highest BCUT2D eigenvalue weighted by Gasteiger charge is 2.43. The number of carbonyl (C=O) groups is 2. The van der Waals surface area contributed by atoms with Crippen molar-refractivity contribution in [1.82, 2.24) is 10.3 Å². The molecule has 0 bridgehead atoms. The second-order valence-electron chi connectivity index (χ2n) is 6.42. The highest BCUT2D eigenvalue weighted by molar-refractivity contribution is 7.09. The first-order valence-electron chi connectivity index (χ1n) is 8.01. The van der Waals surface area contributed by atoms with Gasteiger partial charge in [0.25, 0.3) is 0 Å². The standard InChI is InChI=1S/C18H20N2O3S/c1-10(2)11-3-5-12(6-4-11)13-7-14(13)17(21)19-8-16-20-15(9-24-16)18(22)23/h3-6,9-10,13-14H,7-8H2,1-2H3,(H,19,21)(H,22,23)/t13-,14+/m0/s1. The van der Waals surface area contributed by atoms with Crippen LogP contribution in [-0.2, 0) is 11.3 Å². The van der Waals surface area contributed by atoms with E-state index in [0.717, 1.165) is 6.42 Å². The highest BCUT2D eigenvalue weighted by atomic mass is 32.1. The third kappa shape index (κ3) is 3.64. The molecule has 24 heavy (non-hydrogen) atoms. The summed E-state index contributed by atoms with van der Waals surface area (Å²) in [6.07, 6.45) is 0.866. The van der Waals surface area contributed by atoms with Crippen LogP contribution in [0, 0.1) is 5.92 Å². The van der Waals surface area contributed by atoms with Crippen molar-refractivity contribution < 1.29 is 14.7 Å². The van der Waals surface area contributed by atoms with Gasteiger partial charge in [-0.25, -0.2) is 9.78 Å². The van der Waals surface area contributed by atoms with Gasteiger partial charge >= 0.3 is 5.97 Å². The molecular formula is C18H20N2O3S. The fraction of sp³-hybridized carbons (Fsp3) is 0.389. The molecule has 1 aliphatic carbocycles. The Morgan fingerprint density at radius 1 is 1.33 bits per heavy atom. The molecule has 1 aliphatic rings. The van der Waals surface area contributed by atoms with Crippen LogP contribution in [0.3, 0.4) is 0 Å². The molecule has 1 amide bonds. The van der Waals surface area contributed by atoms with Crippen molar-refractivity contribution in [2.75, 3.05) is 0 Å². The molecule has 2 atom stereocenters.